The Morgan fingerprint density at radius 2 is 2.23 bits per heavy atom. The maximum atomic E-state index is 12.9. The van der Waals surface area contributed by atoms with Gasteiger partial charge in [0.1, 0.15) is 12.5 Å². The lowest BCUT2D eigenvalue weighted by Gasteiger charge is -2.16. The first-order valence-corrected chi connectivity index (χ1v) is 9.59. The van der Waals surface area contributed by atoms with Crippen LogP contribution in [0, 0.1) is 5.92 Å². The zero-order chi connectivity index (χ0) is 22.4. The van der Waals surface area contributed by atoms with E-state index in [1.165, 1.54) is 17.2 Å². The molecule has 13 nitrogen and oxygen atoms in total. The number of aliphatic hydroxyl groups is 1. The summed E-state index contributed by atoms with van der Waals surface area (Å²) in [4.78, 5) is 54.9. The third-order valence-corrected chi connectivity index (χ3v) is 4.53. The molecule has 0 spiro atoms. The second-order valence-corrected chi connectivity index (χ2v) is 6.99. The molecule has 0 aromatic carbocycles. The highest BCUT2D eigenvalue weighted by Crippen LogP contribution is 2.15. The Kier molecular flexibility index (Phi) is 7.23. The molecule has 0 saturated heterocycles. The number of fused-ring (bicyclic) bond motifs is 1. The first-order chi connectivity index (χ1) is 14.9. The number of ketones is 1. The van der Waals surface area contributed by atoms with Crippen LogP contribution in [-0.2, 0) is 27.5 Å². The summed E-state index contributed by atoms with van der Waals surface area (Å²) in [5.41, 5.74) is 6.06. The van der Waals surface area contributed by atoms with Crippen molar-refractivity contribution < 1.29 is 19.4 Å². The molecular weight excluding hydrogens is 408 g/mol. The van der Waals surface area contributed by atoms with Crippen molar-refractivity contribution >= 4 is 28.8 Å². The van der Waals surface area contributed by atoms with Crippen LogP contribution in [-0.4, -0.2) is 65.5 Å². The van der Waals surface area contributed by atoms with Crippen LogP contribution in [0.15, 0.2) is 23.6 Å². The minimum absolute atomic E-state index is 0.0201. The summed E-state index contributed by atoms with van der Waals surface area (Å²) in [6.45, 7) is 1.53. The highest BCUT2D eigenvalue weighted by molar-refractivity contribution is 5.95. The molecule has 0 radical (unpaired) electrons. The van der Waals surface area contributed by atoms with Gasteiger partial charge in [0.05, 0.1) is 37.8 Å². The van der Waals surface area contributed by atoms with Crippen molar-refractivity contribution in [2.75, 3.05) is 18.5 Å². The summed E-state index contributed by atoms with van der Waals surface area (Å²) in [5, 5.41) is 11.4. The molecule has 2 unspecified atom stereocenters. The number of anilines is 1. The fourth-order valence-electron chi connectivity index (χ4n) is 2.90. The van der Waals surface area contributed by atoms with Gasteiger partial charge in [-0.3, -0.25) is 29.3 Å². The smallest absolute Gasteiger partial charge is 0.280 e. The Bertz CT molecular complexity index is 1090. The number of Topliss-reactive ketones (excluding diaryl/α,β-unsaturated/α-hetero) is 1. The van der Waals surface area contributed by atoms with Crippen LogP contribution in [0.1, 0.15) is 19.0 Å². The molecule has 166 valence electrons. The average molecular weight is 432 g/mol. The fraction of sp³-hybridized carbons (Fsp3) is 0.444. The number of carbonyl (C=O) groups is 2. The summed E-state index contributed by atoms with van der Waals surface area (Å²) in [7, 11) is 0. The number of hydrogen-bond acceptors (Lipinski definition) is 9. The number of rotatable bonds is 11. The van der Waals surface area contributed by atoms with E-state index in [0.29, 0.717) is 5.69 Å². The lowest BCUT2D eigenvalue weighted by molar-refractivity contribution is -0.126. The normalized spacial score (nSPS) is 13.3. The van der Waals surface area contributed by atoms with Crippen molar-refractivity contribution in [3.05, 3.63) is 34.9 Å². The number of nitrogens with two attached hydrogens (primary N) is 1. The fourth-order valence-corrected chi connectivity index (χ4v) is 2.90. The number of ether oxygens (including phenoxy) is 1. The van der Waals surface area contributed by atoms with Gasteiger partial charge in [0, 0.05) is 24.7 Å². The molecule has 3 aromatic heterocycles. The van der Waals surface area contributed by atoms with Crippen molar-refractivity contribution in [2.24, 2.45) is 11.7 Å². The van der Waals surface area contributed by atoms with Crippen molar-refractivity contribution in [1.82, 2.24) is 29.5 Å². The molecule has 0 aliphatic rings. The monoisotopic (exact) mass is 432 g/mol. The Labute approximate surface area is 176 Å². The van der Waals surface area contributed by atoms with Crippen LogP contribution in [0.2, 0.25) is 0 Å². The van der Waals surface area contributed by atoms with Gasteiger partial charge in [-0.1, -0.05) is 0 Å². The van der Waals surface area contributed by atoms with Gasteiger partial charge in [0.25, 0.3) is 5.56 Å². The van der Waals surface area contributed by atoms with Gasteiger partial charge < -0.3 is 20.6 Å². The number of hydrogen-bond donors (Lipinski definition) is 5. The van der Waals surface area contributed by atoms with Gasteiger partial charge >= 0.3 is 0 Å². The maximum absolute atomic E-state index is 12.9. The summed E-state index contributed by atoms with van der Waals surface area (Å²) in [6, 6.07) is -0.709. The van der Waals surface area contributed by atoms with Crippen molar-refractivity contribution in [3.63, 3.8) is 0 Å². The largest absolute Gasteiger partial charge is 0.394 e. The Balaban J connectivity index is 1.82. The first-order valence-electron chi connectivity index (χ1n) is 9.59. The quantitative estimate of drug-likeness (QED) is 0.234. The molecule has 31 heavy (non-hydrogen) atoms. The molecule has 1 amide bonds. The number of carbonyl (C=O) groups excluding carboxylic acids is 2. The lowest BCUT2D eigenvalue weighted by Crippen LogP contribution is -2.34. The number of imidazole rings is 2. The Hall–Kier alpha value is -3.42. The van der Waals surface area contributed by atoms with E-state index in [1.807, 2.05) is 0 Å². The van der Waals surface area contributed by atoms with Crippen LogP contribution in [0.3, 0.4) is 0 Å². The minimum atomic E-state index is -0.752. The number of aliphatic hydroxyl groups excluding tert-OH is 1. The molecular formula is C18H24N8O5. The minimum Gasteiger partial charge on any atom is -0.394 e. The lowest BCUT2D eigenvalue weighted by atomic mass is 9.94. The average Bonchev–Trinajstić information content (AvgIpc) is 3.38. The number of aromatic amines is 2. The molecule has 2 atom stereocenters. The van der Waals surface area contributed by atoms with E-state index >= 15 is 0 Å². The van der Waals surface area contributed by atoms with E-state index < -0.39 is 23.4 Å². The van der Waals surface area contributed by atoms with Crippen LogP contribution in [0.4, 0.5) is 5.95 Å². The van der Waals surface area contributed by atoms with Gasteiger partial charge in [-0.2, -0.15) is 4.98 Å². The highest BCUT2D eigenvalue weighted by Gasteiger charge is 2.25. The van der Waals surface area contributed by atoms with Crippen LogP contribution >= 0.6 is 0 Å². The molecule has 0 aliphatic heterocycles. The summed E-state index contributed by atoms with van der Waals surface area (Å²) in [5.74, 6) is -1.61. The second kappa shape index (κ2) is 10.1. The number of nitrogens with one attached hydrogen (secondary N) is 3. The molecule has 13 heteroatoms. The highest BCUT2D eigenvalue weighted by atomic mass is 16.5. The molecule has 3 rings (SSSR count). The van der Waals surface area contributed by atoms with Gasteiger partial charge in [-0.05, 0) is 6.92 Å². The van der Waals surface area contributed by atoms with E-state index in [-0.39, 0.29) is 55.7 Å². The Morgan fingerprint density at radius 3 is 2.90 bits per heavy atom. The molecule has 6 N–H and O–H groups in total. The van der Waals surface area contributed by atoms with Gasteiger partial charge in [-0.15, -0.1) is 0 Å². The third-order valence-electron chi connectivity index (χ3n) is 4.53. The number of aromatic nitrogens is 6. The third kappa shape index (κ3) is 5.59. The molecule has 3 aromatic rings. The van der Waals surface area contributed by atoms with E-state index in [4.69, 9.17) is 15.6 Å². The van der Waals surface area contributed by atoms with Crippen molar-refractivity contribution in [1.29, 1.82) is 0 Å². The first kappa shape index (κ1) is 22.3. The topological polar surface area (TPSA) is 194 Å². The van der Waals surface area contributed by atoms with E-state index in [0.717, 1.165) is 0 Å². The molecule has 3 heterocycles. The van der Waals surface area contributed by atoms with Gasteiger partial charge in [0.15, 0.2) is 11.2 Å². The van der Waals surface area contributed by atoms with E-state index in [1.54, 1.807) is 13.1 Å². The van der Waals surface area contributed by atoms with Crippen molar-refractivity contribution in [3.8, 4) is 0 Å². The summed E-state index contributed by atoms with van der Waals surface area (Å²) >= 11 is 0. The van der Waals surface area contributed by atoms with Gasteiger partial charge in [-0.25, -0.2) is 9.97 Å². The van der Waals surface area contributed by atoms with Gasteiger partial charge in [0.2, 0.25) is 11.9 Å². The predicted molar refractivity (Wildman–Crippen MR) is 109 cm³/mol. The molecule has 0 aliphatic carbocycles. The van der Waals surface area contributed by atoms with E-state index in [2.05, 4.69) is 30.2 Å². The molecule has 0 fully saturated rings. The van der Waals surface area contributed by atoms with Crippen LogP contribution in [0.5, 0.6) is 0 Å². The molecule has 0 bridgehead atoms. The summed E-state index contributed by atoms with van der Waals surface area (Å²) in [6.07, 6.45) is 4.56. The zero-order valence-corrected chi connectivity index (χ0v) is 16.9. The number of H-pyrrole nitrogens is 2. The van der Waals surface area contributed by atoms with Crippen LogP contribution in [0.25, 0.3) is 11.2 Å². The SMILES string of the molecule is CC(N)C(=O)CC(Cc1cnc[nH]1)C(=O)Nc1nc2c(ncn2COCCO)c(=O)[nH]1. The summed E-state index contributed by atoms with van der Waals surface area (Å²) < 4.78 is 6.70. The zero-order valence-electron chi connectivity index (χ0n) is 16.9. The maximum Gasteiger partial charge on any atom is 0.280 e. The number of amides is 1. The predicted octanol–water partition coefficient (Wildman–Crippen LogP) is -1.09. The Morgan fingerprint density at radius 1 is 1.42 bits per heavy atom. The standard InChI is InChI=1S/C18H24N8O5/c1-10(19)13(28)5-11(4-12-6-20-7-21-12)16(29)24-18-23-15-14(17(30)25-18)22-8-26(15)9-31-3-2-27/h6-8,10-11,27H,2-5,9,19H2,1H3,(H,20,21)(H2,23,24,25,29,30). The van der Waals surface area contributed by atoms with Crippen LogP contribution < -0.4 is 16.6 Å². The van der Waals surface area contributed by atoms with E-state index in [9.17, 15) is 14.4 Å². The molecule has 0 saturated carbocycles. The van der Waals surface area contributed by atoms with Crippen molar-refractivity contribution in [2.45, 2.75) is 32.5 Å². The number of nitrogens with zero attached hydrogens (tertiary/aromatic N) is 4. The second-order valence-electron chi connectivity index (χ2n) is 6.99.